The molecule has 3 nitrogen and oxygen atoms in total. The molecule has 2 atom stereocenters. The molecule has 0 bridgehead atoms. The molecule has 1 N–H and O–H groups in total. The number of aromatic nitrogens is 1. The summed E-state index contributed by atoms with van der Waals surface area (Å²) in [6, 6.07) is 19.2. The van der Waals surface area contributed by atoms with Gasteiger partial charge in [0, 0.05) is 42.0 Å². The predicted molar refractivity (Wildman–Crippen MR) is 94.6 cm³/mol. The van der Waals surface area contributed by atoms with Gasteiger partial charge in [0.15, 0.2) is 0 Å². The summed E-state index contributed by atoms with van der Waals surface area (Å²) in [5, 5.41) is 1.33. The number of nitrogens with one attached hydrogen (secondary N) is 1. The number of H-pyrrole nitrogens is 1. The zero-order valence-electron chi connectivity index (χ0n) is 13.5. The number of benzene rings is 2. The van der Waals surface area contributed by atoms with E-state index in [1.807, 2.05) is 18.2 Å². The van der Waals surface area contributed by atoms with Crippen LogP contribution in [0.25, 0.3) is 10.9 Å². The molecule has 1 aromatic heterocycles. The normalized spacial score (nSPS) is 22.7. The van der Waals surface area contributed by atoms with Gasteiger partial charge >= 0.3 is 0 Å². The monoisotopic (exact) mass is 316 g/mol. The average Bonchev–Trinajstić information content (AvgIpc) is 3.11. The molecule has 0 unspecified atom stereocenters. The molecule has 0 spiro atoms. The molecule has 1 fully saturated rings. The minimum absolute atomic E-state index is 0.309. The first kappa shape index (κ1) is 13.8. The van der Waals surface area contributed by atoms with E-state index in [2.05, 4.69) is 46.3 Å². The van der Waals surface area contributed by atoms with Crippen molar-refractivity contribution in [1.29, 1.82) is 0 Å². The average molecular weight is 316 g/mol. The van der Waals surface area contributed by atoms with Crippen molar-refractivity contribution in [2.75, 3.05) is 0 Å². The van der Waals surface area contributed by atoms with Gasteiger partial charge < -0.3 is 9.88 Å². The largest absolute Gasteiger partial charge is 0.358 e. The molecule has 2 aliphatic rings. The lowest BCUT2D eigenvalue weighted by Gasteiger charge is -2.32. The number of hydrogen-bond donors (Lipinski definition) is 1. The minimum Gasteiger partial charge on any atom is -0.358 e. The summed E-state index contributed by atoms with van der Waals surface area (Å²) in [6.07, 6.45) is 2.66. The molecule has 0 saturated carbocycles. The van der Waals surface area contributed by atoms with Crippen molar-refractivity contribution in [3.8, 4) is 0 Å². The van der Waals surface area contributed by atoms with Crippen LogP contribution in [0.4, 0.5) is 0 Å². The number of hydrogen-bond acceptors (Lipinski definition) is 1. The lowest BCUT2D eigenvalue weighted by Crippen LogP contribution is -2.39. The summed E-state index contributed by atoms with van der Waals surface area (Å²) >= 11 is 0. The topological polar surface area (TPSA) is 36.1 Å². The fourth-order valence-corrected chi connectivity index (χ4v) is 4.52. The van der Waals surface area contributed by atoms with Crippen LogP contribution in [0, 0.1) is 5.92 Å². The first-order valence-corrected chi connectivity index (χ1v) is 8.71. The van der Waals surface area contributed by atoms with Gasteiger partial charge in [-0.25, -0.2) is 0 Å². The Kier molecular flexibility index (Phi) is 3.02. The Morgan fingerprint density at radius 3 is 2.62 bits per heavy atom. The SMILES string of the molecule is O=C1C[C@@H]2Cc3c([nH]c4ccccc34)C[C@@H]2N1Cc1ccccc1. The van der Waals surface area contributed by atoms with Crippen molar-refractivity contribution < 1.29 is 4.79 Å². The third-order valence-electron chi connectivity index (χ3n) is 5.68. The molecule has 2 heterocycles. The smallest absolute Gasteiger partial charge is 0.223 e. The van der Waals surface area contributed by atoms with E-state index in [1.165, 1.54) is 27.7 Å². The molecule has 2 aromatic carbocycles. The summed E-state index contributed by atoms with van der Waals surface area (Å²) in [5.41, 5.74) is 5.20. The maximum Gasteiger partial charge on any atom is 0.223 e. The van der Waals surface area contributed by atoms with E-state index < -0.39 is 0 Å². The maximum absolute atomic E-state index is 12.6. The summed E-state index contributed by atoms with van der Waals surface area (Å²) in [5.74, 6) is 0.760. The van der Waals surface area contributed by atoms with Crippen LogP contribution in [-0.4, -0.2) is 21.8 Å². The molecule has 3 aromatic rings. The van der Waals surface area contributed by atoms with E-state index in [4.69, 9.17) is 0 Å². The Hall–Kier alpha value is -2.55. The highest BCUT2D eigenvalue weighted by Gasteiger charge is 2.43. The van der Waals surface area contributed by atoms with Crippen LogP contribution >= 0.6 is 0 Å². The molecule has 5 rings (SSSR count). The number of carbonyl (C=O) groups is 1. The summed E-state index contributed by atoms with van der Waals surface area (Å²) in [6.45, 7) is 0.733. The van der Waals surface area contributed by atoms with E-state index in [1.54, 1.807) is 0 Å². The van der Waals surface area contributed by atoms with Gasteiger partial charge in [0.25, 0.3) is 0 Å². The summed E-state index contributed by atoms with van der Waals surface area (Å²) in [4.78, 5) is 18.3. The van der Waals surface area contributed by atoms with Gasteiger partial charge in [-0.05, 0) is 29.5 Å². The number of rotatable bonds is 2. The van der Waals surface area contributed by atoms with Gasteiger partial charge in [0.05, 0.1) is 0 Å². The molecular formula is C21H20N2O. The third-order valence-corrected chi connectivity index (χ3v) is 5.68. The number of nitrogens with zero attached hydrogens (tertiary/aromatic N) is 1. The van der Waals surface area contributed by atoms with Crippen molar-refractivity contribution in [3.05, 3.63) is 71.4 Å². The van der Waals surface area contributed by atoms with E-state index in [-0.39, 0.29) is 0 Å². The zero-order valence-corrected chi connectivity index (χ0v) is 13.5. The molecule has 1 saturated heterocycles. The predicted octanol–water partition coefficient (Wildman–Crippen LogP) is 3.68. The number of likely N-dealkylation sites (tertiary alicyclic amines) is 1. The second-order valence-corrected chi connectivity index (χ2v) is 7.07. The summed E-state index contributed by atoms with van der Waals surface area (Å²) in [7, 11) is 0. The number of carbonyl (C=O) groups excluding carboxylic acids is 1. The van der Waals surface area contributed by atoms with Crippen molar-refractivity contribution in [1.82, 2.24) is 9.88 Å². The van der Waals surface area contributed by atoms with E-state index in [0.717, 1.165) is 19.4 Å². The summed E-state index contributed by atoms with van der Waals surface area (Å²) < 4.78 is 0. The van der Waals surface area contributed by atoms with Crippen LogP contribution in [0.3, 0.4) is 0 Å². The molecule has 1 aliphatic carbocycles. The number of para-hydroxylation sites is 1. The Morgan fingerprint density at radius 1 is 0.958 bits per heavy atom. The lowest BCUT2D eigenvalue weighted by atomic mass is 9.83. The first-order chi connectivity index (χ1) is 11.8. The van der Waals surface area contributed by atoms with Crippen molar-refractivity contribution in [3.63, 3.8) is 0 Å². The first-order valence-electron chi connectivity index (χ1n) is 8.71. The van der Waals surface area contributed by atoms with Gasteiger partial charge in [-0.2, -0.15) is 0 Å². The molecule has 1 amide bonds. The quantitative estimate of drug-likeness (QED) is 0.769. The molecule has 0 radical (unpaired) electrons. The Bertz CT molecular complexity index is 912. The van der Waals surface area contributed by atoms with Crippen LogP contribution in [0.2, 0.25) is 0 Å². The molecule has 120 valence electrons. The van der Waals surface area contributed by atoms with Crippen molar-refractivity contribution >= 4 is 16.8 Å². The molecular weight excluding hydrogens is 296 g/mol. The lowest BCUT2D eigenvalue weighted by molar-refractivity contribution is -0.129. The number of fused-ring (bicyclic) bond motifs is 4. The van der Waals surface area contributed by atoms with E-state index >= 15 is 0 Å². The molecule has 1 aliphatic heterocycles. The fraction of sp³-hybridized carbons (Fsp3) is 0.286. The van der Waals surface area contributed by atoms with Crippen molar-refractivity contribution in [2.45, 2.75) is 31.8 Å². The Morgan fingerprint density at radius 2 is 1.75 bits per heavy atom. The molecule has 24 heavy (non-hydrogen) atoms. The zero-order chi connectivity index (χ0) is 16.1. The van der Waals surface area contributed by atoms with Crippen LogP contribution in [0.1, 0.15) is 23.2 Å². The van der Waals surface area contributed by atoms with E-state index in [0.29, 0.717) is 24.3 Å². The van der Waals surface area contributed by atoms with Gasteiger partial charge in [0.2, 0.25) is 5.91 Å². The van der Waals surface area contributed by atoms with Gasteiger partial charge in [0.1, 0.15) is 0 Å². The van der Waals surface area contributed by atoms with Gasteiger partial charge in [-0.3, -0.25) is 4.79 Å². The van der Waals surface area contributed by atoms with Gasteiger partial charge in [-0.15, -0.1) is 0 Å². The van der Waals surface area contributed by atoms with Crippen LogP contribution in [0.5, 0.6) is 0 Å². The highest BCUT2D eigenvalue weighted by atomic mass is 16.2. The Balaban J connectivity index is 1.48. The second kappa shape index (κ2) is 5.23. The minimum atomic E-state index is 0.309. The van der Waals surface area contributed by atoms with Crippen LogP contribution in [-0.2, 0) is 24.2 Å². The highest BCUT2D eigenvalue weighted by molar-refractivity contribution is 5.86. The second-order valence-electron chi connectivity index (χ2n) is 7.07. The fourth-order valence-electron chi connectivity index (χ4n) is 4.52. The van der Waals surface area contributed by atoms with Crippen LogP contribution in [0.15, 0.2) is 54.6 Å². The highest BCUT2D eigenvalue weighted by Crippen LogP contribution is 2.39. The van der Waals surface area contributed by atoms with E-state index in [9.17, 15) is 4.79 Å². The van der Waals surface area contributed by atoms with Gasteiger partial charge in [-0.1, -0.05) is 48.5 Å². The van der Waals surface area contributed by atoms with Crippen LogP contribution < -0.4 is 0 Å². The number of amides is 1. The standard InChI is InChI=1S/C21H20N2O/c24-21-11-15-10-17-16-8-4-5-9-18(16)22-19(17)12-20(15)23(21)13-14-6-2-1-3-7-14/h1-9,15,20,22H,10-13H2/t15-,20-/m0/s1. The third kappa shape index (κ3) is 2.08. The van der Waals surface area contributed by atoms with Crippen molar-refractivity contribution in [2.24, 2.45) is 5.92 Å². The molecule has 3 heteroatoms. The number of aromatic amines is 1. The maximum atomic E-state index is 12.6. The Labute approximate surface area is 141 Å².